The maximum Gasteiger partial charge on any atom is 0.243 e. The fourth-order valence-electron chi connectivity index (χ4n) is 3.67. The van der Waals surface area contributed by atoms with E-state index in [0.29, 0.717) is 45.7 Å². The Kier molecular flexibility index (Phi) is 7.02. The molecule has 0 saturated carbocycles. The maximum atomic E-state index is 12.7. The molecule has 4 rings (SSSR count). The summed E-state index contributed by atoms with van der Waals surface area (Å²) in [6, 6.07) is 15.1. The van der Waals surface area contributed by atoms with Crippen LogP contribution in [0.15, 0.2) is 58.8 Å². The summed E-state index contributed by atoms with van der Waals surface area (Å²) < 4.78 is 33.3. The van der Waals surface area contributed by atoms with Crippen molar-refractivity contribution in [3.8, 4) is 0 Å². The molecule has 0 atom stereocenters. The number of nitrogens with zero attached hydrogens (tertiary/aromatic N) is 1. The molecule has 2 aromatic carbocycles. The highest BCUT2D eigenvalue weighted by atomic mass is 32.2. The first kappa shape index (κ1) is 22.0. The number of carbonyl (C=O) groups is 1. The van der Waals surface area contributed by atoms with Crippen LogP contribution < -0.4 is 5.32 Å². The fourth-order valence-corrected chi connectivity index (χ4v) is 6.08. The van der Waals surface area contributed by atoms with Gasteiger partial charge in [-0.3, -0.25) is 4.79 Å². The number of amides is 1. The van der Waals surface area contributed by atoms with E-state index in [1.165, 1.54) is 20.0 Å². The van der Waals surface area contributed by atoms with Gasteiger partial charge >= 0.3 is 0 Å². The van der Waals surface area contributed by atoms with Gasteiger partial charge in [-0.15, -0.1) is 11.3 Å². The molecule has 0 aliphatic carbocycles. The monoisotopic (exact) mass is 458 g/mol. The number of nitrogens with one attached hydrogen (secondary N) is 1. The molecule has 1 aliphatic heterocycles. The third kappa shape index (κ3) is 5.33. The Labute approximate surface area is 186 Å². The van der Waals surface area contributed by atoms with E-state index in [1.54, 1.807) is 35.6 Å². The van der Waals surface area contributed by atoms with Gasteiger partial charge in [-0.25, -0.2) is 8.42 Å². The summed E-state index contributed by atoms with van der Waals surface area (Å²) in [7, 11) is -3.48. The van der Waals surface area contributed by atoms with E-state index < -0.39 is 10.0 Å². The largest absolute Gasteiger partial charge is 0.379 e. The molecule has 1 aromatic heterocycles. The van der Waals surface area contributed by atoms with Crippen LogP contribution in [0, 0.1) is 0 Å². The number of hydrogen-bond acceptors (Lipinski definition) is 5. The van der Waals surface area contributed by atoms with Crippen LogP contribution in [0.2, 0.25) is 0 Å². The van der Waals surface area contributed by atoms with Crippen molar-refractivity contribution in [1.29, 1.82) is 0 Å². The highest BCUT2D eigenvalue weighted by Crippen LogP contribution is 2.25. The van der Waals surface area contributed by atoms with E-state index in [1.807, 2.05) is 12.1 Å². The van der Waals surface area contributed by atoms with Crippen LogP contribution >= 0.6 is 11.3 Å². The van der Waals surface area contributed by atoms with Gasteiger partial charge in [-0.2, -0.15) is 4.31 Å². The van der Waals surface area contributed by atoms with Crippen molar-refractivity contribution in [3.63, 3.8) is 0 Å². The number of hydrogen-bond donors (Lipinski definition) is 1. The number of rotatable bonds is 8. The number of benzene rings is 2. The van der Waals surface area contributed by atoms with E-state index >= 15 is 0 Å². The first-order chi connectivity index (χ1) is 15.0. The van der Waals surface area contributed by atoms with Crippen molar-refractivity contribution in [2.45, 2.75) is 24.2 Å². The van der Waals surface area contributed by atoms with E-state index in [2.05, 4.69) is 22.8 Å². The average Bonchev–Trinajstić information content (AvgIpc) is 3.22. The Hall–Kier alpha value is -2.26. The van der Waals surface area contributed by atoms with Crippen LogP contribution in [-0.4, -0.2) is 51.5 Å². The summed E-state index contributed by atoms with van der Waals surface area (Å²) in [4.78, 5) is 12.5. The summed E-state index contributed by atoms with van der Waals surface area (Å²) >= 11 is 1.73. The average molecular weight is 459 g/mol. The number of fused-ring (bicyclic) bond motifs is 1. The zero-order valence-corrected chi connectivity index (χ0v) is 18.9. The second kappa shape index (κ2) is 9.91. The number of thiophene rings is 1. The van der Waals surface area contributed by atoms with Gasteiger partial charge in [0.2, 0.25) is 15.9 Å². The van der Waals surface area contributed by atoms with Gasteiger partial charge in [-0.1, -0.05) is 30.3 Å². The minimum absolute atomic E-state index is 0.00421. The Morgan fingerprint density at radius 1 is 1.03 bits per heavy atom. The van der Waals surface area contributed by atoms with Crippen molar-refractivity contribution < 1.29 is 17.9 Å². The van der Waals surface area contributed by atoms with Crippen LogP contribution in [0.3, 0.4) is 0 Å². The molecule has 1 aliphatic rings. The molecule has 1 fully saturated rings. The predicted molar refractivity (Wildman–Crippen MR) is 123 cm³/mol. The summed E-state index contributed by atoms with van der Waals surface area (Å²) in [5.74, 6) is 0.00421. The van der Waals surface area contributed by atoms with Crippen molar-refractivity contribution >= 4 is 37.4 Å². The van der Waals surface area contributed by atoms with Gasteiger partial charge in [0.15, 0.2) is 0 Å². The molecular weight excluding hydrogens is 432 g/mol. The molecule has 2 heterocycles. The number of carbonyl (C=O) groups excluding carboxylic acids is 1. The normalized spacial score (nSPS) is 15.2. The lowest BCUT2D eigenvalue weighted by Crippen LogP contribution is -2.40. The zero-order chi connectivity index (χ0) is 21.7. The fraction of sp³-hybridized carbons (Fsp3) is 0.348. The van der Waals surface area contributed by atoms with Gasteiger partial charge in [0, 0.05) is 30.8 Å². The lowest BCUT2D eigenvalue weighted by Gasteiger charge is -2.26. The predicted octanol–water partition coefficient (Wildman–Crippen LogP) is 3.21. The molecular formula is C23H26N2O4S2. The van der Waals surface area contributed by atoms with Crippen LogP contribution in [-0.2, 0) is 32.4 Å². The minimum atomic E-state index is -3.48. The molecule has 1 amide bonds. The van der Waals surface area contributed by atoms with Crippen LogP contribution in [0.5, 0.6) is 0 Å². The zero-order valence-electron chi connectivity index (χ0n) is 17.2. The second-order valence-electron chi connectivity index (χ2n) is 7.52. The standard InChI is InChI=1S/C23H26N2O4S2/c26-23(24-12-11-19-17-30-22-4-2-1-3-21(19)22)10-7-18-5-8-20(9-6-18)31(27,28)25-13-15-29-16-14-25/h1-6,8-9,17H,7,10-16H2,(H,24,26). The second-order valence-corrected chi connectivity index (χ2v) is 10.4. The number of morpholine rings is 1. The highest BCUT2D eigenvalue weighted by molar-refractivity contribution is 7.89. The summed E-state index contributed by atoms with van der Waals surface area (Å²) in [5.41, 5.74) is 2.21. The molecule has 3 aromatic rings. The lowest BCUT2D eigenvalue weighted by molar-refractivity contribution is -0.121. The molecule has 1 saturated heterocycles. The van der Waals surface area contributed by atoms with Gasteiger partial charge in [0.05, 0.1) is 18.1 Å². The first-order valence-corrected chi connectivity index (χ1v) is 12.7. The van der Waals surface area contributed by atoms with E-state index in [0.717, 1.165) is 12.0 Å². The Morgan fingerprint density at radius 2 is 1.77 bits per heavy atom. The van der Waals surface area contributed by atoms with Crippen molar-refractivity contribution in [3.05, 3.63) is 65.0 Å². The SMILES string of the molecule is O=C(CCc1ccc(S(=O)(=O)N2CCOCC2)cc1)NCCc1csc2ccccc12. The van der Waals surface area contributed by atoms with Gasteiger partial charge in [0.25, 0.3) is 0 Å². The quantitative estimate of drug-likeness (QED) is 0.562. The molecule has 0 bridgehead atoms. The first-order valence-electron chi connectivity index (χ1n) is 10.4. The van der Waals surface area contributed by atoms with E-state index in [4.69, 9.17) is 4.74 Å². The van der Waals surface area contributed by atoms with Crippen molar-refractivity contribution in [1.82, 2.24) is 9.62 Å². The molecule has 164 valence electrons. The van der Waals surface area contributed by atoms with Gasteiger partial charge < -0.3 is 10.1 Å². The van der Waals surface area contributed by atoms with Crippen molar-refractivity contribution in [2.75, 3.05) is 32.8 Å². The molecule has 6 nitrogen and oxygen atoms in total. The Bertz CT molecular complexity index is 1130. The Balaban J connectivity index is 1.24. The van der Waals surface area contributed by atoms with Crippen LogP contribution in [0.4, 0.5) is 0 Å². The molecule has 1 N–H and O–H groups in total. The molecule has 0 radical (unpaired) electrons. The number of aryl methyl sites for hydroxylation is 1. The number of sulfonamides is 1. The smallest absolute Gasteiger partial charge is 0.243 e. The maximum absolute atomic E-state index is 12.7. The van der Waals surface area contributed by atoms with Crippen LogP contribution in [0.1, 0.15) is 17.5 Å². The van der Waals surface area contributed by atoms with Crippen LogP contribution in [0.25, 0.3) is 10.1 Å². The molecule has 0 unspecified atom stereocenters. The molecule has 0 spiro atoms. The van der Waals surface area contributed by atoms with E-state index in [9.17, 15) is 13.2 Å². The third-order valence-corrected chi connectivity index (χ3v) is 8.37. The van der Waals surface area contributed by atoms with E-state index in [-0.39, 0.29) is 10.8 Å². The van der Waals surface area contributed by atoms with Gasteiger partial charge in [0.1, 0.15) is 0 Å². The summed E-state index contributed by atoms with van der Waals surface area (Å²) in [6.45, 7) is 2.22. The van der Waals surface area contributed by atoms with Gasteiger partial charge in [-0.05, 0) is 52.9 Å². The summed E-state index contributed by atoms with van der Waals surface area (Å²) in [5, 5.41) is 6.40. The highest BCUT2D eigenvalue weighted by Gasteiger charge is 2.26. The van der Waals surface area contributed by atoms with Crippen molar-refractivity contribution in [2.24, 2.45) is 0 Å². The third-order valence-electron chi connectivity index (χ3n) is 5.45. The number of ether oxygens (including phenoxy) is 1. The Morgan fingerprint density at radius 3 is 2.55 bits per heavy atom. The summed E-state index contributed by atoms with van der Waals surface area (Å²) in [6.07, 6.45) is 1.76. The topological polar surface area (TPSA) is 75.7 Å². The lowest BCUT2D eigenvalue weighted by atomic mass is 10.1. The molecule has 8 heteroatoms. The minimum Gasteiger partial charge on any atom is -0.379 e. The molecule has 31 heavy (non-hydrogen) atoms.